The lowest BCUT2D eigenvalue weighted by Crippen LogP contribution is -2.40. The molecule has 27 heavy (non-hydrogen) atoms. The molecule has 1 fully saturated rings. The first-order valence-electron chi connectivity index (χ1n) is 8.83. The van der Waals surface area contributed by atoms with E-state index in [2.05, 4.69) is 40.6 Å². The highest BCUT2D eigenvalue weighted by molar-refractivity contribution is 14.1. The van der Waals surface area contributed by atoms with Gasteiger partial charge in [-0.2, -0.15) is 0 Å². The second-order valence-corrected chi connectivity index (χ2v) is 7.59. The van der Waals surface area contributed by atoms with Crippen molar-refractivity contribution < 1.29 is 20.1 Å². The van der Waals surface area contributed by atoms with Gasteiger partial charge in [0.1, 0.15) is 36.5 Å². The van der Waals surface area contributed by atoms with E-state index in [9.17, 15) is 15.3 Å². The number of aromatic nitrogens is 4. The highest BCUT2D eigenvalue weighted by Gasteiger charge is 2.54. The number of aliphatic hydroxyl groups is 3. The number of halogens is 1. The number of aliphatic hydroxyl groups excluding tert-OH is 3. The zero-order valence-electron chi connectivity index (χ0n) is 15.7. The Labute approximate surface area is 171 Å². The van der Waals surface area contributed by atoms with Crippen LogP contribution in [0, 0.1) is 0 Å². The zero-order valence-corrected chi connectivity index (χ0v) is 17.8. The van der Waals surface area contributed by atoms with E-state index in [1.54, 1.807) is 0 Å². The van der Waals surface area contributed by atoms with E-state index in [1.165, 1.54) is 36.9 Å². The fourth-order valence-electron chi connectivity index (χ4n) is 2.86. The molecule has 0 amide bonds. The van der Waals surface area contributed by atoms with Gasteiger partial charge in [-0.1, -0.05) is 20.8 Å². The molecule has 0 saturated carbocycles. The third kappa shape index (κ3) is 4.32. The molecule has 0 aromatic carbocycles. The lowest BCUT2D eigenvalue weighted by Gasteiger charge is -2.27. The van der Waals surface area contributed by atoms with Crippen LogP contribution in [-0.2, 0) is 8.47 Å². The van der Waals surface area contributed by atoms with Gasteiger partial charge < -0.3 is 30.7 Å². The van der Waals surface area contributed by atoms with Crippen LogP contribution in [0.4, 0.5) is 5.82 Å². The molecule has 10 nitrogen and oxygen atoms in total. The molecule has 1 aliphatic heterocycles. The summed E-state index contributed by atoms with van der Waals surface area (Å²) in [6, 6.07) is 0. The molecule has 0 spiro atoms. The number of nitrogen functional groups attached to an aromatic ring is 1. The lowest BCUT2D eigenvalue weighted by atomic mass is 10.1. The van der Waals surface area contributed by atoms with E-state index in [0.29, 0.717) is 11.2 Å². The molecule has 11 heteroatoms. The highest BCUT2D eigenvalue weighted by atomic mass is 127. The minimum absolute atomic E-state index is 0.209. The minimum Gasteiger partial charge on any atom is -0.394 e. The van der Waals surface area contributed by atoms with Gasteiger partial charge in [0.05, 0.1) is 6.61 Å². The molecule has 3 rings (SSSR count). The fraction of sp³-hybridized carbons (Fsp3) is 0.688. The van der Waals surface area contributed by atoms with Crippen molar-refractivity contribution in [2.75, 3.05) is 32.0 Å². The maximum absolute atomic E-state index is 10.2. The SMILES string of the molecule is CCN(CC)CC.Nc1ncnc2c1ncn2[C@]1(I)O[C@H](CO)[C@@H](O)[C@H]1O. The number of hydrogen-bond acceptors (Lipinski definition) is 9. The lowest BCUT2D eigenvalue weighted by molar-refractivity contribution is -0.0646. The van der Waals surface area contributed by atoms with Crippen molar-refractivity contribution in [3.63, 3.8) is 0 Å². The number of nitrogens with zero attached hydrogens (tertiary/aromatic N) is 5. The fourth-order valence-corrected chi connectivity index (χ4v) is 3.91. The summed E-state index contributed by atoms with van der Waals surface area (Å²) in [6.07, 6.45) is -0.685. The van der Waals surface area contributed by atoms with E-state index in [1.807, 2.05) is 22.6 Å². The van der Waals surface area contributed by atoms with Crippen molar-refractivity contribution >= 4 is 39.6 Å². The smallest absolute Gasteiger partial charge is 0.229 e. The number of imidazole rings is 1. The summed E-state index contributed by atoms with van der Waals surface area (Å²) in [6.45, 7) is 9.72. The Morgan fingerprint density at radius 1 is 1.22 bits per heavy atom. The summed E-state index contributed by atoms with van der Waals surface area (Å²) in [4.78, 5) is 14.4. The van der Waals surface area contributed by atoms with Crippen LogP contribution < -0.4 is 5.73 Å². The van der Waals surface area contributed by atoms with Crippen LogP contribution in [0.2, 0.25) is 0 Å². The topological polar surface area (TPSA) is 143 Å². The number of hydrogen-bond donors (Lipinski definition) is 4. The van der Waals surface area contributed by atoms with Gasteiger partial charge in [0.15, 0.2) is 11.5 Å². The molecule has 5 N–H and O–H groups in total. The average molecular weight is 494 g/mol. The molecular formula is C16H27IN6O4. The van der Waals surface area contributed by atoms with Crippen LogP contribution >= 0.6 is 22.6 Å². The van der Waals surface area contributed by atoms with Crippen LogP contribution in [0.1, 0.15) is 20.8 Å². The summed E-state index contributed by atoms with van der Waals surface area (Å²) in [5.41, 5.74) is 6.45. The van der Waals surface area contributed by atoms with Gasteiger partial charge in [-0.15, -0.1) is 0 Å². The molecule has 1 aliphatic rings. The normalized spacial score (nSPS) is 27.8. The first-order valence-corrected chi connectivity index (χ1v) is 9.91. The van der Waals surface area contributed by atoms with E-state index >= 15 is 0 Å². The average Bonchev–Trinajstić information content (AvgIpc) is 3.21. The van der Waals surface area contributed by atoms with Crippen LogP contribution in [0.25, 0.3) is 11.2 Å². The molecule has 0 aliphatic carbocycles. The van der Waals surface area contributed by atoms with Crippen molar-refractivity contribution in [2.24, 2.45) is 0 Å². The number of anilines is 1. The largest absolute Gasteiger partial charge is 0.394 e. The Morgan fingerprint density at radius 2 is 1.85 bits per heavy atom. The van der Waals surface area contributed by atoms with Gasteiger partial charge in [0.2, 0.25) is 3.73 Å². The van der Waals surface area contributed by atoms with Crippen molar-refractivity contribution in [1.82, 2.24) is 24.4 Å². The molecule has 1 saturated heterocycles. The van der Waals surface area contributed by atoms with Gasteiger partial charge in [-0.25, -0.2) is 15.0 Å². The molecule has 2 aromatic heterocycles. The van der Waals surface area contributed by atoms with E-state index in [0.717, 1.165) is 0 Å². The molecule has 2 aromatic rings. The number of alkyl halides is 1. The van der Waals surface area contributed by atoms with Gasteiger partial charge in [-0.05, 0) is 42.2 Å². The van der Waals surface area contributed by atoms with Crippen molar-refractivity contribution in [2.45, 2.75) is 42.8 Å². The number of ether oxygens (including phenoxy) is 1. The third-order valence-electron chi connectivity index (χ3n) is 4.60. The summed E-state index contributed by atoms with van der Waals surface area (Å²) >= 11 is 1.85. The standard InChI is InChI=1S/C10H12IN5O4.C6H15N/c11-10(7(19)6(18)4(1-17)20-10)16-3-15-5-8(12)13-2-14-9(5)16;1-4-7(5-2)6-3/h2-4,6-7,17-19H,1H2,(H2,12,13,14);4-6H2,1-3H3/t4-,6-,7-,10+;/m1./s1. The first-order chi connectivity index (χ1) is 12.8. The second-order valence-electron chi connectivity index (χ2n) is 6.05. The maximum atomic E-state index is 10.2. The predicted molar refractivity (Wildman–Crippen MR) is 109 cm³/mol. The minimum atomic E-state index is -1.33. The highest BCUT2D eigenvalue weighted by Crippen LogP contribution is 2.42. The Balaban J connectivity index is 0.000000321. The molecular weight excluding hydrogens is 467 g/mol. The van der Waals surface area contributed by atoms with Crippen molar-refractivity contribution in [1.29, 1.82) is 0 Å². The molecule has 0 bridgehead atoms. The second kappa shape index (κ2) is 9.39. The maximum Gasteiger partial charge on any atom is 0.229 e. The molecule has 0 radical (unpaired) electrons. The summed E-state index contributed by atoms with van der Waals surface area (Å²) in [5, 5.41) is 29.3. The van der Waals surface area contributed by atoms with E-state index in [-0.39, 0.29) is 5.82 Å². The van der Waals surface area contributed by atoms with Gasteiger partial charge in [-0.3, -0.25) is 4.57 Å². The Hall–Kier alpha value is -1.12. The van der Waals surface area contributed by atoms with Crippen LogP contribution in [0.5, 0.6) is 0 Å². The van der Waals surface area contributed by atoms with Gasteiger partial charge in [0, 0.05) is 0 Å². The number of nitrogens with two attached hydrogens (primary N) is 1. The van der Waals surface area contributed by atoms with E-state index < -0.39 is 28.7 Å². The quantitative estimate of drug-likeness (QED) is 0.332. The number of fused-ring (bicyclic) bond motifs is 1. The van der Waals surface area contributed by atoms with Gasteiger partial charge >= 0.3 is 0 Å². The van der Waals surface area contributed by atoms with Crippen LogP contribution in [0.3, 0.4) is 0 Å². The third-order valence-corrected chi connectivity index (χ3v) is 6.01. The monoisotopic (exact) mass is 494 g/mol. The zero-order chi connectivity index (χ0) is 20.2. The molecule has 4 atom stereocenters. The van der Waals surface area contributed by atoms with Crippen molar-refractivity contribution in [3.05, 3.63) is 12.7 Å². The van der Waals surface area contributed by atoms with E-state index in [4.69, 9.17) is 10.5 Å². The van der Waals surface area contributed by atoms with Gasteiger partial charge in [0.25, 0.3) is 0 Å². The Kier molecular flexibility index (Phi) is 7.71. The summed E-state index contributed by atoms with van der Waals surface area (Å²) in [5.74, 6) is 0.209. The number of rotatable bonds is 5. The predicted octanol–water partition coefficient (Wildman–Crippen LogP) is -0.0852. The van der Waals surface area contributed by atoms with Crippen LogP contribution in [0.15, 0.2) is 12.7 Å². The van der Waals surface area contributed by atoms with Crippen molar-refractivity contribution in [3.8, 4) is 0 Å². The molecule has 0 unspecified atom stereocenters. The van der Waals surface area contributed by atoms with Crippen LogP contribution in [-0.4, -0.2) is 84.3 Å². The first kappa shape index (κ1) is 22.2. The Morgan fingerprint density at radius 3 is 2.33 bits per heavy atom. The Bertz CT molecular complexity index is 737. The molecule has 152 valence electrons. The molecule has 3 heterocycles. The summed E-state index contributed by atoms with van der Waals surface area (Å²) < 4.78 is 5.70. The summed E-state index contributed by atoms with van der Waals surface area (Å²) in [7, 11) is 0.